The van der Waals surface area contributed by atoms with Gasteiger partial charge in [-0.1, -0.05) is 0 Å². The average Bonchev–Trinajstić information content (AvgIpc) is 1.65. The molecule has 0 aromatic rings. The van der Waals surface area contributed by atoms with Crippen LogP contribution in [0.5, 0.6) is 0 Å². The van der Waals surface area contributed by atoms with E-state index in [2.05, 4.69) is 4.18 Å². The summed E-state index contributed by atoms with van der Waals surface area (Å²) >= 11 is -4.68. The SMILES string of the molecule is COS(=O)O.O.O.O.O.O.O.O.O=S(O)O.[H-].[H-].[H-].[Na+].[Na+].[Na+]. The van der Waals surface area contributed by atoms with Gasteiger partial charge in [0.05, 0.1) is 7.11 Å². The van der Waals surface area contributed by atoms with Crippen molar-refractivity contribution in [3.8, 4) is 0 Å². The molecule has 0 aliphatic rings. The van der Waals surface area contributed by atoms with E-state index < -0.39 is 22.7 Å². The Morgan fingerprint density at radius 2 is 0.789 bits per heavy atom. The molecule has 0 spiro atoms. The minimum Gasteiger partial charge on any atom is -1.00 e. The molecular weight excluding hydrogens is 353 g/mol. The van der Waals surface area contributed by atoms with Crippen LogP contribution in [0.25, 0.3) is 0 Å². The van der Waals surface area contributed by atoms with E-state index in [1.807, 2.05) is 0 Å². The third-order valence-corrected chi connectivity index (χ3v) is 0.428. The molecule has 17 N–H and O–H groups in total. The summed E-state index contributed by atoms with van der Waals surface area (Å²) in [7, 11) is 1.15. The monoisotopic (exact) mass is 376 g/mol. The molecule has 0 aromatic carbocycles. The van der Waals surface area contributed by atoms with Gasteiger partial charge in [-0.3, -0.25) is 17.8 Å². The van der Waals surface area contributed by atoms with Crippen molar-refractivity contribution >= 4 is 22.7 Å². The van der Waals surface area contributed by atoms with Crippen LogP contribution < -0.4 is 88.7 Å². The van der Waals surface area contributed by atoms with Gasteiger partial charge in [-0.2, -0.15) is 8.42 Å². The van der Waals surface area contributed by atoms with Crippen molar-refractivity contribution in [2.75, 3.05) is 7.11 Å². The zero-order valence-electron chi connectivity index (χ0n) is 13.9. The molecule has 1 atom stereocenters. The third-order valence-electron chi connectivity index (χ3n) is 0.143. The topological polar surface area (TPSA) is 325 Å². The molecular formula is CH23Na3O13S2. The summed E-state index contributed by atoms with van der Waals surface area (Å²) in [4.78, 5) is 0. The first-order chi connectivity index (χ1) is 4.00. The fraction of sp³-hybridized carbons (Fsp3) is 1.00. The maximum atomic E-state index is 9.26. The van der Waals surface area contributed by atoms with Crippen LogP contribution in [-0.4, -0.2) is 67.5 Å². The van der Waals surface area contributed by atoms with Crippen molar-refractivity contribution in [3.63, 3.8) is 0 Å². The molecule has 0 aliphatic carbocycles. The summed E-state index contributed by atoms with van der Waals surface area (Å²) < 4.78 is 43.5. The fourth-order valence-electron chi connectivity index (χ4n) is 0. The maximum absolute atomic E-state index is 9.26. The summed E-state index contributed by atoms with van der Waals surface area (Å²) in [6, 6.07) is 0. The zero-order chi connectivity index (χ0) is 7.86. The van der Waals surface area contributed by atoms with Gasteiger partial charge in [0.15, 0.2) is 0 Å². The van der Waals surface area contributed by atoms with Crippen LogP contribution in [0, 0.1) is 0 Å². The Balaban J connectivity index is -0.00000000216. The van der Waals surface area contributed by atoms with E-state index in [4.69, 9.17) is 17.9 Å². The van der Waals surface area contributed by atoms with Crippen LogP contribution in [0.15, 0.2) is 0 Å². The van der Waals surface area contributed by atoms with Gasteiger partial charge >= 0.3 is 100 Å². The van der Waals surface area contributed by atoms with Crippen LogP contribution >= 0.6 is 0 Å². The minimum atomic E-state index is -2.61. The second-order valence-electron chi connectivity index (χ2n) is 0.615. The molecule has 120 valence electrons. The first kappa shape index (κ1) is 97.8. The van der Waals surface area contributed by atoms with Crippen molar-refractivity contribution in [1.29, 1.82) is 0 Å². The second-order valence-corrected chi connectivity index (χ2v) is 1.84. The Morgan fingerprint density at radius 3 is 0.789 bits per heavy atom. The summed E-state index contributed by atoms with van der Waals surface area (Å²) in [5, 5.41) is 0. The van der Waals surface area contributed by atoms with Crippen LogP contribution in [0.1, 0.15) is 4.28 Å². The van der Waals surface area contributed by atoms with Gasteiger partial charge in [-0.15, -0.1) is 0 Å². The quantitative estimate of drug-likeness (QED) is 0.294. The first-order valence-electron chi connectivity index (χ1n) is 1.46. The van der Waals surface area contributed by atoms with E-state index in [1.165, 1.54) is 0 Å². The van der Waals surface area contributed by atoms with Crippen LogP contribution in [0.4, 0.5) is 0 Å². The van der Waals surface area contributed by atoms with Gasteiger partial charge in [0.25, 0.3) is 11.4 Å². The normalized spacial score (nSPS) is 5.74. The Morgan fingerprint density at radius 1 is 0.737 bits per heavy atom. The van der Waals surface area contributed by atoms with E-state index in [0.29, 0.717) is 0 Å². The Hall–Kier alpha value is 2.86. The Kier molecular flexibility index (Phi) is 436. The molecule has 18 heteroatoms. The fourth-order valence-corrected chi connectivity index (χ4v) is 0. The van der Waals surface area contributed by atoms with Gasteiger partial charge < -0.3 is 42.6 Å². The smallest absolute Gasteiger partial charge is 1.00 e. The summed E-state index contributed by atoms with van der Waals surface area (Å²) in [6.07, 6.45) is 0. The Bertz CT molecular complexity index is 123. The van der Waals surface area contributed by atoms with E-state index in [9.17, 15) is 4.21 Å². The van der Waals surface area contributed by atoms with Crippen molar-refractivity contribution < 1.29 is 158 Å². The standard InChI is InChI=1S/CH4O3S.3Na.H2O3S.7H2O.3H/c1-4-5(2)3;;;;1-4(2)3;;;;;;;;;;/h1H3,(H,2,3);;;;(H2,1,2,3);7*1H2;;;/q;3*+1;;;;;;;;;3*-1. The molecule has 0 bridgehead atoms. The predicted molar refractivity (Wildman–Crippen MR) is 59.8 cm³/mol. The van der Waals surface area contributed by atoms with E-state index >= 15 is 0 Å². The van der Waals surface area contributed by atoms with Crippen molar-refractivity contribution in [3.05, 3.63) is 0 Å². The first-order valence-corrected chi connectivity index (χ1v) is 3.55. The van der Waals surface area contributed by atoms with Crippen LogP contribution in [0.3, 0.4) is 0 Å². The Labute approximate surface area is 185 Å². The summed E-state index contributed by atoms with van der Waals surface area (Å²) in [6.45, 7) is 0. The van der Waals surface area contributed by atoms with Gasteiger partial charge in [0, 0.05) is 0 Å². The molecule has 0 saturated heterocycles. The van der Waals surface area contributed by atoms with Gasteiger partial charge in [0.1, 0.15) is 0 Å². The summed E-state index contributed by atoms with van der Waals surface area (Å²) in [5.41, 5.74) is 0. The molecule has 13 nitrogen and oxygen atoms in total. The molecule has 0 fully saturated rings. The largest absolute Gasteiger partial charge is 1.00 e. The molecule has 1 unspecified atom stereocenters. The molecule has 0 aromatic heterocycles. The third kappa shape index (κ3) is 314. The average molecular weight is 376 g/mol. The zero-order valence-corrected chi connectivity index (χ0v) is 18.5. The van der Waals surface area contributed by atoms with E-state index in [1.54, 1.807) is 0 Å². The van der Waals surface area contributed by atoms with Crippen molar-refractivity contribution in [2.24, 2.45) is 0 Å². The van der Waals surface area contributed by atoms with Crippen molar-refractivity contribution in [2.45, 2.75) is 0 Å². The molecule has 0 aliphatic heterocycles. The van der Waals surface area contributed by atoms with Gasteiger partial charge in [-0.25, -0.2) is 0 Å². The summed E-state index contributed by atoms with van der Waals surface area (Å²) in [5.74, 6) is 0. The van der Waals surface area contributed by atoms with Gasteiger partial charge in [-0.05, 0) is 0 Å². The number of rotatable bonds is 1. The van der Waals surface area contributed by atoms with E-state index in [0.717, 1.165) is 7.11 Å². The molecule has 0 heterocycles. The van der Waals surface area contributed by atoms with E-state index in [-0.39, 0.29) is 131 Å². The van der Waals surface area contributed by atoms with Crippen LogP contribution in [0.2, 0.25) is 0 Å². The predicted octanol–water partition coefficient (Wildman–Crippen LogP) is -15.0. The maximum Gasteiger partial charge on any atom is 1.00 e. The van der Waals surface area contributed by atoms with Gasteiger partial charge in [0.2, 0.25) is 0 Å². The minimum absolute atomic E-state index is 0. The molecule has 19 heavy (non-hydrogen) atoms. The van der Waals surface area contributed by atoms with Crippen molar-refractivity contribution in [1.82, 2.24) is 0 Å². The van der Waals surface area contributed by atoms with Crippen LogP contribution in [-0.2, 0) is 26.9 Å². The molecule has 0 amide bonds. The second kappa shape index (κ2) is 84.6. The number of hydrogen-bond donors (Lipinski definition) is 3. The molecule has 0 saturated carbocycles. The number of hydrogen-bond acceptors (Lipinski definition) is 3. The molecule has 0 radical (unpaired) electrons. The molecule has 0 rings (SSSR count).